The Bertz CT molecular complexity index is 1830. The van der Waals surface area contributed by atoms with Crippen molar-refractivity contribution in [3.63, 3.8) is 0 Å². The Kier molecular flexibility index (Phi) is 7.51. The first-order valence-electron chi connectivity index (χ1n) is 15.0. The van der Waals surface area contributed by atoms with Crippen molar-refractivity contribution in [3.8, 4) is 5.75 Å². The van der Waals surface area contributed by atoms with Crippen LogP contribution in [0.25, 0.3) is 0 Å². The van der Waals surface area contributed by atoms with Gasteiger partial charge in [-0.2, -0.15) is 0 Å². The maximum Gasteiger partial charge on any atom is 0.259 e. The summed E-state index contributed by atoms with van der Waals surface area (Å²) >= 11 is 0. The normalized spacial score (nSPS) is 17.6. The van der Waals surface area contributed by atoms with E-state index >= 15 is 0 Å². The Labute approximate surface area is 257 Å². The number of fused-ring (bicyclic) bond motifs is 1. The number of ether oxygens (including phenoxy) is 1. The molecule has 0 saturated carbocycles. The Hall–Kier alpha value is -5.42. The van der Waals surface area contributed by atoms with Crippen LogP contribution in [0.4, 0.5) is 11.4 Å². The lowest BCUT2D eigenvalue weighted by Gasteiger charge is -2.36. The number of anilines is 2. The number of nitrogens with one attached hydrogen (secondary N) is 1. The first kappa shape index (κ1) is 27.4. The lowest BCUT2D eigenvalue weighted by Crippen LogP contribution is -2.38. The van der Waals surface area contributed by atoms with Gasteiger partial charge in [0.2, 0.25) is 0 Å². The van der Waals surface area contributed by atoms with Crippen molar-refractivity contribution in [2.45, 2.75) is 31.4 Å². The minimum Gasteiger partial charge on any atom is -0.489 e. The fourth-order valence-corrected chi connectivity index (χ4v) is 6.36. The van der Waals surface area contributed by atoms with Crippen molar-refractivity contribution >= 4 is 23.1 Å². The van der Waals surface area contributed by atoms with Gasteiger partial charge in [0.15, 0.2) is 5.78 Å². The molecule has 1 amide bonds. The minimum absolute atomic E-state index is 0.0223. The predicted molar refractivity (Wildman–Crippen MR) is 174 cm³/mol. The maximum atomic E-state index is 14.6. The summed E-state index contributed by atoms with van der Waals surface area (Å²) in [5.74, 6) is 0.503. The molecule has 1 heterocycles. The zero-order valence-corrected chi connectivity index (χ0v) is 24.2. The summed E-state index contributed by atoms with van der Waals surface area (Å²) < 4.78 is 6.45. The number of carbonyl (C=O) groups is 2. The third kappa shape index (κ3) is 5.29. The van der Waals surface area contributed by atoms with Crippen molar-refractivity contribution in [2.24, 2.45) is 0 Å². The van der Waals surface area contributed by atoms with E-state index in [0.717, 1.165) is 28.1 Å². The van der Waals surface area contributed by atoms with Crippen molar-refractivity contribution in [2.75, 3.05) is 10.2 Å². The molecule has 1 N–H and O–H groups in total. The summed E-state index contributed by atoms with van der Waals surface area (Å²) in [6.45, 7) is 0.363. The van der Waals surface area contributed by atoms with E-state index < -0.39 is 6.04 Å². The Morgan fingerprint density at radius 2 is 1.36 bits per heavy atom. The van der Waals surface area contributed by atoms with Crippen LogP contribution in [0.2, 0.25) is 0 Å². The standard InChI is InChI=1S/C39H32N2O3/c42-35-25-30(28-16-6-2-7-17-28)24-33-37(35)38(31-20-10-13-23-36(31)44-26-27-14-4-1-5-15-27)41(34-22-12-11-21-32(34)40-33)39(43)29-18-8-3-9-19-29/h1-23,30,38,40H,24-26H2/t30-,38+/m1/s1. The van der Waals surface area contributed by atoms with Gasteiger partial charge in [-0.25, -0.2) is 0 Å². The number of carbonyl (C=O) groups excluding carboxylic acids is 2. The maximum absolute atomic E-state index is 14.6. The molecule has 44 heavy (non-hydrogen) atoms. The fraction of sp³-hybridized carbons (Fsp3) is 0.128. The average molecular weight is 577 g/mol. The summed E-state index contributed by atoms with van der Waals surface area (Å²) in [6, 6.07) is 44.3. The molecule has 5 nitrogen and oxygen atoms in total. The summed E-state index contributed by atoms with van der Waals surface area (Å²) in [4.78, 5) is 30.8. The van der Waals surface area contributed by atoms with Gasteiger partial charge < -0.3 is 10.1 Å². The molecule has 0 unspecified atom stereocenters. The van der Waals surface area contributed by atoms with Crippen LogP contribution < -0.4 is 15.0 Å². The van der Waals surface area contributed by atoms with Gasteiger partial charge in [-0.3, -0.25) is 14.5 Å². The number of hydrogen-bond acceptors (Lipinski definition) is 4. The van der Waals surface area contributed by atoms with Crippen molar-refractivity contribution in [1.29, 1.82) is 0 Å². The highest BCUT2D eigenvalue weighted by Crippen LogP contribution is 2.49. The zero-order chi connectivity index (χ0) is 29.9. The number of nitrogens with zero attached hydrogens (tertiary/aromatic N) is 1. The molecule has 7 rings (SSSR count). The number of hydrogen-bond donors (Lipinski definition) is 1. The van der Waals surface area contributed by atoms with Gasteiger partial charge >= 0.3 is 0 Å². The molecule has 0 bridgehead atoms. The van der Waals surface area contributed by atoms with Crippen LogP contribution in [0.1, 0.15) is 51.8 Å². The second kappa shape index (κ2) is 12.1. The monoisotopic (exact) mass is 576 g/mol. The van der Waals surface area contributed by atoms with Gasteiger partial charge in [-0.15, -0.1) is 0 Å². The smallest absolute Gasteiger partial charge is 0.259 e. The molecular formula is C39H32N2O3. The third-order valence-corrected chi connectivity index (χ3v) is 8.45. The van der Waals surface area contributed by atoms with E-state index in [4.69, 9.17) is 4.74 Å². The van der Waals surface area contributed by atoms with Crippen LogP contribution in [0, 0.1) is 0 Å². The van der Waals surface area contributed by atoms with E-state index in [1.54, 1.807) is 4.90 Å². The molecule has 0 spiro atoms. The second-order valence-corrected chi connectivity index (χ2v) is 11.2. The molecule has 0 fully saturated rings. The fourth-order valence-electron chi connectivity index (χ4n) is 6.36. The Morgan fingerprint density at radius 3 is 2.14 bits per heavy atom. The van der Waals surface area contributed by atoms with Gasteiger partial charge in [-0.1, -0.05) is 109 Å². The number of Topliss-reactive ketones (excluding diaryl/α,β-unsaturated/α-hetero) is 1. The molecule has 5 aromatic carbocycles. The van der Waals surface area contributed by atoms with Crippen LogP contribution in [-0.2, 0) is 11.4 Å². The van der Waals surface area contributed by atoms with Gasteiger partial charge in [0.25, 0.3) is 5.91 Å². The van der Waals surface area contributed by atoms with Crippen molar-refractivity contribution < 1.29 is 14.3 Å². The topological polar surface area (TPSA) is 58.6 Å². The van der Waals surface area contributed by atoms with Crippen molar-refractivity contribution in [1.82, 2.24) is 0 Å². The molecule has 5 heteroatoms. The van der Waals surface area contributed by atoms with E-state index in [-0.39, 0.29) is 17.6 Å². The quantitative estimate of drug-likeness (QED) is 0.220. The van der Waals surface area contributed by atoms with Gasteiger partial charge in [0.05, 0.1) is 17.4 Å². The van der Waals surface area contributed by atoms with Gasteiger partial charge in [-0.05, 0) is 53.8 Å². The molecule has 0 radical (unpaired) electrons. The van der Waals surface area contributed by atoms with E-state index in [9.17, 15) is 9.59 Å². The third-order valence-electron chi connectivity index (χ3n) is 8.45. The van der Waals surface area contributed by atoms with E-state index in [1.165, 1.54) is 0 Å². The predicted octanol–water partition coefficient (Wildman–Crippen LogP) is 8.48. The summed E-state index contributed by atoms with van der Waals surface area (Å²) in [5.41, 5.74) is 6.43. The number of rotatable bonds is 6. The minimum atomic E-state index is -0.704. The average Bonchev–Trinajstić information content (AvgIpc) is 3.23. The van der Waals surface area contributed by atoms with E-state index in [0.29, 0.717) is 42.0 Å². The molecule has 0 saturated heterocycles. The highest BCUT2D eigenvalue weighted by molar-refractivity contribution is 6.12. The van der Waals surface area contributed by atoms with Crippen LogP contribution in [-0.4, -0.2) is 11.7 Å². The number of para-hydroxylation sites is 3. The first-order valence-corrected chi connectivity index (χ1v) is 15.0. The summed E-state index contributed by atoms with van der Waals surface area (Å²) in [6.07, 6.45) is 1.01. The number of allylic oxidation sites excluding steroid dienone is 1. The lowest BCUT2D eigenvalue weighted by atomic mass is 9.78. The number of benzene rings is 5. The Morgan fingerprint density at radius 1 is 0.727 bits per heavy atom. The number of ketones is 1. The van der Waals surface area contributed by atoms with Crippen LogP contribution in [0.5, 0.6) is 5.75 Å². The molecule has 1 aliphatic heterocycles. The molecule has 216 valence electrons. The summed E-state index contributed by atoms with van der Waals surface area (Å²) in [5, 5.41) is 3.63. The number of amides is 1. The first-order chi connectivity index (χ1) is 21.7. The lowest BCUT2D eigenvalue weighted by molar-refractivity contribution is -0.116. The van der Waals surface area contributed by atoms with Crippen LogP contribution in [0.15, 0.2) is 151 Å². The SMILES string of the molecule is O=C1C[C@H](c2ccccc2)CC2=C1[C@H](c1ccccc1OCc1ccccc1)N(C(=O)c1ccccc1)c1ccccc1N2. The molecule has 5 aromatic rings. The largest absolute Gasteiger partial charge is 0.489 e. The van der Waals surface area contributed by atoms with E-state index in [1.807, 2.05) is 127 Å². The Balaban J connectivity index is 1.41. The van der Waals surface area contributed by atoms with E-state index in [2.05, 4.69) is 17.4 Å². The molecule has 2 aliphatic rings. The molecule has 2 atom stereocenters. The molecule has 0 aromatic heterocycles. The van der Waals surface area contributed by atoms with Gasteiger partial charge in [0.1, 0.15) is 12.4 Å². The highest BCUT2D eigenvalue weighted by Gasteiger charge is 2.42. The second-order valence-electron chi connectivity index (χ2n) is 11.2. The highest BCUT2D eigenvalue weighted by atomic mass is 16.5. The van der Waals surface area contributed by atoms with Crippen molar-refractivity contribution in [3.05, 3.63) is 173 Å². The zero-order valence-electron chi connectivity index (χ0n) is 24.2. The summed E-state index contributed by atoms with van der Waals surface area (Å²) in [7, 11) is 0. The van der Waals surface area contributed by atoms with Crippen LogP contribution >= 0.6 is 0 Å². The van der Waals surface area contributed by atoms with Crippen LogP contribution in [0.3, 0.4) is 0 Å². The molecule has 1 aliphatic carbocycles. The molecular weight excluding hydrogens is 544 g/mol. The van der Waals surface area contributed by atoms with Gasteiger partial charge in [0, 0.05) is 28.8 Å².